The molecule has 2 aliphatic heterocycles. The van der Waals surface area contributed by atoms with Crippen molar-refractivity contribution in [3.63, 3.8) is 0 Å². The lowest BCUT2D eigenvalue weighted by Gasteiger charge is -2.18. The topological polar surface area (TPSA) is 106 Å². The molecule has 4 aromatic heterocycles. The van der Waals surface area contributed by atoms with Crippen LogP contribution < -0.4 is 10.1 Å². The van der Waals surface area contributed by atoms with Gasteiger partial charge in [0.2, 0.25) is 11.8 Å². The van der Waals surface area contributed by atoms with E-state index in [1.54, 1.807) is 31.3 Å². The highest BCUT2D eigenvalue weighted by Crippen LogP contribution is 2.51. The Morgan fingerprint density at radius 3 is 2.69 bits per heavy atom. The fourth-order valence-electron chi connectivity index (χ4n) is 7.87. The highest BCUT2D eigenvalue weighted by atomic mass is 32.1. The van der Waals surface area contributed by atoms with Gasteiger partial charge in [-0.05, 0) is 72.5 Å². The fraction of sp³-hybridized carbons (Fsp3) is 0.289. The van der Waals surface area contributed by atoms with Crippen LogP contribution in [0.2, 0.25) is 0 Å². The van der Waals surface area contributed by atoms with Crippen LogP contribution in [0.25, 0.3) is 32.0 Å². The SMILES string of the molecule is COc1c(F)ccc2c1C[C@@H](F)[C@@H]2Nc1nccc2cc(-c3c4c(nc(CCc5ccc(F)cc5)c3-c3nnc(C)o3)C3CCCN3C4=O)sc12. The smallest absolute Gasteiger partial charge is 0.257 e. The zero-order chi connectivity index (χ0) is 35.0. The Morgan fingerprint density at radius 2 is 1.90 bits per heavy atom. The first-order valence-electron chi connectivity index (χ1n) is 16.9. The first-order valence-corrected chi connectivity index (χ1v) is 17.7. The van der Waals surface area contributed by atoms with Crippen LogP contribution in [0.1, 0.15) is 69.3 Å². The summed E-state index contributed by atoms with van der Waals surface area (Å²) in [6.45, 7) is 2.36. The van der Waals surface area contributed by atoms with Gasteiger partial charge in [0.1, 0.15) is 17.8 Å². The van der Waals surface area contributed by atoms with Crippen molar-refractivity contribution in [3.05, 3.63) is 106 Å². The van der Waals surface area contributed by atoms with E-state index in [0.717, 1.165) is 39.1 Å². The summed E-state index contributed by atoms with van der Waals surface area (Å²) >= 11 is 1.43. The van der Waals surface area contributed by atoms with Crippen molar-refractivity contribution in [1.82, 2.24) is 25.1 Å². The fourth-order valence-corrected chi connectivity index (χ4v) is 9.04. The van der Waals surface area contributed by atoms with Crippen molar-refractivity contribution in [2.24, 2.45) is 0 Å². The highest BCUT2D eigenvalue weighted by Gasteiger charge is 2.45. The normalized spacial score (nSPS) is 19.1. The van der Waals surface area contributed by atoms with Crippen LogP contribution in [-0.4, -0.2) is 50.8 Å². The molecule has 1 unspecified atom stereocenters. The largest absolute Gasteiger partial charge is 0.493 e. The van der Waals surface area contributed by atoms with Gasteiger partial charge in [0.15, 0.2) is 11.6 Å². The highest BCUT2D eigenvalue weighted by molar-refractivity contribution is 7.23. The summed E-state index contributed by atoms with van der Waals surface area (Å²) in [6, 6.07) is 12.3. The number of alkyl halides is 1. The number of pyridine rings is 2. The molecule has 0 spiro atoms. The molecular formula is C38H31F3N6O3S. The second kappa shape index (κ2) is 12.2. The maximum absolute atomic E-state index is 15.6. The van der Waals surface area contributed by atoms with Crippen molar-refractivity contribution in [1.29, 1.82) is 0 Å². The van der Waals surface area contributed by atoms with Crippen molar-refractivity contribution < 1.29 is 27.1 Å². The van der Waals surface area contributed by atoms with Crippen LogP contribution in [0.5, 0.6) is 5.75 Å². The average Bonchev–Trinajstić information content (AvgIpc) is 3.96. The minimum absolute atomic E-state index is 0.0101. The maximum Gasteiger partial charge on any atom is 0.257 e. The van der Waals surface area contributed by atoms with Crippen molar-refractivity contribution in [3.8, 4) is 27.6 Å². The van der Waals surface area contributed by atoms with Gasteiger partial charge in [-0.3, -0.25) is 9.78 Å². The lowest BCUT2D eigenvalue weighted by molar-refractivity contribution is 0.0776. The number of nitrogens with one attached hydrogen (secondary N) is 1. The number of amides is 1. The van der Waals surface area contributed by atoms with E-state index >= 15 is 4.39 Å². The van der Waals surface area contributed by atoms with Crippen LogP contribution in [0.15, 0.2) is 59.1 Å². The van der Waals surface area contributed by atoms with Crippen LogP contribution in [0.4, 0.5) is 19.0 Å². The minimum Gasteiger partial charge on any atom is -0.493 e. The molecule has 51 heavy (non-hydrogen) atoms. The van der Waals surface area contributed by atoms with Crippen LogP contribution >= 0.6 is 11.3 Å². The molecule has 1 amide bonds. The Hall–Kier alpha value is -5.30. The van der Waals surface area contributed by atoms with Gasteiger partial charge in [0, 0.05) is 42.1 Å². The zero-order valence-electron chi connectivity index (χ0n) is 27.7. The third-order valence-corrected chi connectivity index (χ3v) is 11.3. The number of thiophene rings is 1. The summed E-state index contributed by atoms with van der Waals surface area (Å²) in [4.78, 5) is 26.7. The van der Waals surface area contributed by atoms with Gasteiger partial charge in [-0.2, -0.15) is 0 Å². The lowest BCUT2D eigenvalue weighted by Crippen LogP contribution is -2.22. The first kappa shape index (κ1) is 31.7. The molecule has 2 aromatic carbocycles. The van der Waals surface area contributed by atoms with Gasteiger partial charge in [0.25, 0.3) is 5.91 Å². The third-order valence-electron chi connectivity index (χ3n) is 10.2. The number of hydrogen-bond donors (Lipinski definition) is 1. The van der Waals surface area contributed by atoms with E-state index in [-0.39, 0.29) is 35.8 Å². The molecule has 258 valence electrons. The van der Waals surface area contributed by atoms with Crippen LogP contribution in [-0.2, 0) is 19.3 Å². The molecule has 1 fully saturated rings. The van der Waals surface area contributed by atoms with E-state index in [2.05, 4.69) is 20.5 Å². The number of benzene rings is 2. The molecule has 0 radical (unpaired) electrons. The summed E-state index contributed by atoms with van der Waals surface area (Å²) in [5.41, 5.74) is 5.27. The van der Waals surface area contributed by atoms with Crippen LogP contribution in [0, 0.1) is 18.6 Å². The molecule has 9 nitrogen and oxygen atoms in total. The summed E-state index contributed by atoms with van der Waals surface area (Å²) in [7, 11) is 1.38. The third kappa shape index (κ3) is 5.16. The number of carbonyl (C=O) groups excluding carboxylic acids is 1. The second-order valence-electron chi connectivity index (χ2n) is 13.2. The van der Waals surface area contributed by atoms with Crippen molar-refractivity contribution in [2.75, 3.05) is 19.0 Å². The van der Waals surface area contributed by atoms with Gasteiger partial charge in [0.05, 0.1) is 46.4 Å². The molecule has 9 rings (SSSR count). The molecule has 1 N–H and O–H groups in total. The number of nitrogens with zero attached hydrogens (tertiary/aromatic N) is 5. The van der Waals surface area contributed by atoms with E-state index in [9.17, 15) is 13.6 Å². The molecular weight excluding hydrogens is 678 g/mol. The summed E-state index contributed by atoms with van der Waals surface area (Å²) in [5.74, 6) is 0.224. The van der Waals surface area contributed by atoms with E-state index in [1.807, 2.05) is 17.0 Å². The Balaban J connectivity index is 1.20. The number of halogens is 3. The Morgan fingerprint density at radius 1 is 1.06 bits per heavy atom. The number of methoxy groups -OCH3 is 1. The van der Waals surface area contributed by atoms with Gasteiger partial charge in [-0.1, -0.05) is 18.2 Å². The number of fused-ring (bicyclic) bond motifs is 5. The Kier molecular flexibility index (Phi) is 7.57. The predicted octanol–water partition coefficient (Wildman–Crippen LogP) is 8.13. The predicted molar refractivity (Wildman–Crippen MR) is 186 cm³/mol. The summed E-state index contributed by atoms with van der Waals surface area (Å²) in [6.07, 6.45) is 3.09. The summed E-state index contributed by atoms with van der Waals surface area (Å²) in [5, 5.41) is 12.7. The number of aryl methyl sites for hydroxylation is 3. The number of rotatable bonds is 8. The molecule has 1 saturated heterocycles. The first-order chi connectivity index (χ1) is 24.8. The zero-order valence-corrected chi connectivity index (χ0v) is 28.5. The average molecular weight is 709 g/mol. The Labute approximate surface area is 294 Å². The van der Waals surface area contributed by atoms with E-state index in [1.165, 1.54) is 36.6 Å². The summed E-state index contributed by atoms with van der Waals surface area (Å²) < 4.78 is 56.0. The van der Waals surface area contributed by atoms with Gasteiger partial charge in [-0.15, -0.1) is 21.5 Å². The number of aromatic nitrogens is 4. The maximum atomic E-state index is 15.6. The monoisotopic (exact) mass is 708 g/mol. The molecule has 13 heteroatoms. The molecule has 6 heterocycles. The number of anilines is 1. The van der Waals surface area contributed by atoms with Gasteiger partial charge in [-0.25, -0.2) is 18.2 Å². The van der Waals surface area contributed by atoms with Gasteiger partial charge < -0.3 is 19.4 Å². The molecule has 6 aromatic rings. The number of hydrogen-bond acceptors (Lipinski definition) is 9. The molecule has 0 bridgehead atoms. The number of ether oxygens (including phenoxy) is 1. The quantitative estimate of drug-likeness (QED) is 0.169. The van der Waals surface area contributed by atoms with E-state index in [0.29, 0.717) is 64.6 Å². The standard InChI is InChI=1S/C38H31F3N6O3S/c1-18-45-46-37(50-18)29-26(12-7-19-5-8-21(39)9-6-19)43-33-27-4-3-15-47(27)38(48)31(33)30(29)28-16-20-13-14-42-36(35(20)51-28)44-32-22-10-11-24(40)34(49-2)23(22)17-25(32)41/h5-6,8-11,13-14,16,25,27,32H,3-4,7,12,15,17H2,1-2H3,(H,42,44)/t25-,27?,32-/m1/s1. The van der Waals surface area contributed by atoms with E-state index < -0.39 is 18.0 Å². The van der Waals surface area contributed by atoms with E-state index in [4.69, 9.17) is 14.1 Å². The molecule has 3 aliphatic rings. The number of carbonyl (C=O) groups is 1. The van der Waals surface area contributed by atoms with Crippen molar-refractivity contribution in [2.45, 2.75) is 57.3 Å². The second-order valence-corrected chi connectivity index (χ2v) is 14.2. The molecule has 1 aliphatic carbocycles. The molecule has 3 atom stereocenters. The minimum atomic E-state index is -1.34. The van der Waals surface area contributed by atoms with Gasteiger partial charge >= 0.3 is 0 Å². The molecule has 0 saturated carbocycles. The van der Waals surface area contributed by atoms with Crippen molar-refractivity contribution >= 4 is 33.1 Å². The lowest BCUT2D eigenvalue weighted by atomic mass is 9.93. The Bertz CT molecular complexity index is 2360. The van der Waals surface area contributed by atoms with Crippen LogP contribution in [0.3, 0.4) is 0 Å².